The van der Waals surface area contributed by atoms with Crippen molar-refractivity contribution in [3.8, 4) is 5.88 Å². The predicted molar refractivity (Wildman–Crippen MR) is 112 cm³/mol. The first-order valence-electron chi connectivity index (χ1n) is 9.64. The molecular weight excluding hydrogens is 402 g/mol. The van der Waals surface area contributed by atoms with E-state index in [-0.39, 0.29) is 17.4 Å². The van der Waals surface area contributed by atoms with Crippen molar-refractivity contribution in [2.45, 2.75) is 31.5 Å². The number of aryl methyl sites for hydroxylation is 1. The van der Waals surface area contributed by atoms with Crippen LogP contribution in [0.2, 0.25) is 0 Å². The second-order valence-corrected chi connectivity index (χ2v) is 9.51. The first-order chi connectivity index (χ1) is 14.3. The molecule has 0 N–H and O–H groups in total. The van der Waals surface area contributed by atoms with Crippen LogP contribution in [0.4, 0.5) is 0 Å². The van der Waals surface area contributed by atoms with Crippen molar-refractivity contribution in [3.05, 3.63) is 77.0 Å². The van der Waals surface area contributed by atoms with Gasteiger partial charge in [-0.05, 0) is 36.8 Å². The fraction of sp³-hybridized carbons (Fsp3) is 0.273. The number of sulfone groups is 1. The molecule has 0 saturated heterocycles. The van der Waals surface area contributed by atoms with Gasteiger partial charge in [-0.15, -0.1) is 5.10 Å². The quantitative estimate of drug-likeness (QED) is 0.628. The maximum Gasteiger partial charge on any atom is 0.254 e. The molecule has 1 aromatic heterocycles. The summed E-state index contributed by atoms with van der Waals surface area (Å²) < 4.78 is 31.0. The summed E-state index contributed by atoms with van der Waals surface area (Å²) in [7, 11) is -3.26. The molecule has 1 aliphatic rings. The van der Waals surface area contributed by atoms with Crippen LogP contribution in [0, 0.1) is 6.92 Å². The summed E-state index contributed by atoms with van der Waals surface area (Å²) >= 11 is 0. The SMILES string of the molecule is Cc1ccc(C(=O)N2CCn3nc(OCc4cccc(S(C)(=O)=O)c4)cc3C2)cc1. The van der Waals surface area contributed by atoms with E-state index in [0.717, 1.165) is 16.8 Å². The Bertz CT molecular complexity index is 1180. The van der Waals surface area contributed by atoms with Crippen molar-refractivity contribution >= 4 is 15.7 Å². The van der Waals surface area contributed by atoms with Crippen molar-refractivity contribution in [1.82, 2.24) is 14.7 Å². The maximum atomic E-state index is 12.8. The standard InChI is InChI=1S/C22H23N3O4S/c1-16-6-8-18(9-7-16)22(26)24-10-11-25-19(14-24)13-21(23-25)29-15-17-4-3-5-20(12-17)30(2,27)28/h3-9,12-13H,10-11,14-15H2,1-2H3. The number of amides is 1. The van der Waals surface area contributed by atoms with Crippen molar-refractivity contribution in [2.24, 2.45) is 0 Å². The number of aromatic nitrogens is 2. The highest BCUT2D eigenvalue weighted by molar-refractivity contribution is 7.90. The molecule has 0 aliphatic carbocycles. The lowest BCUT2D eigenvalue weighted by Gasteiger charge is -2.27. The molecule has 2 aromatic carbocycles. The van der Waals surface area contributed by atoms with Gasteiger partial charge in [0.2, 0.25) is 5.88 Å². The number of carbonyl (C=O) groups excluding carboxylic acids is 1. The molecule has 156 valence electrons. The normalized spacial score (nSPS) is 13.7. The molecule has 1 amide bonds. The van der Waals surface area contributed by atoms with Crippen LogP contribution in [0.3, 0.4) is 0 Å². The van der Waals surface area contributed by atoms with E-state index in [9.17, 15) is 13.2 Å². The van der Waals surface area contributed by atoms with E-state index in [2.05, 4.69) is 5.10 Å². The van der Waals surface area contributed by atoms with Crippen LogP contribution < -0.4 is 4.74 Å². The van der Waals surface area contributed by atoms with Gasteiger partial charge in [0.15, 0.2) is 9.84 Å². The van der Waals surface area contributed by atoms with Gasteiger partial charge in [-0.3, -0.25) is 9.48 Å². The lowest BCUT2D eigenvalue weighted by Crippen LogP contribution is -2.38. The topological polar surface area (TPSA) is 81.5 Å². The van der Waals surface area contributed by atoms with Gasteiger partial charge in [-0.25, -0.2) is 8.42 Å². The van der Waals surface area contributed by atoms with E-state index >= 15 is 0 Å². The van der Waals surface area contributed by atoms with Crippen LogP contribution in [-0.2, 0) is 29.5 Å². The molecule has 1 aliphatic heterocycles. The van der Waals surface area contributed by atoms with E-state index in [0.29, 0.717) is 31.1 Å². The van der Waals surface area contributed by atoms with E-state index in [1.165, 1.54) is 6.26 Å². The zero-order valence-electron chi connectivity index (χ0n) is 16.9. The second kappa shape index (κ2) is 7.95. The van der Waals surface area contributed by atoms with Gasteiger partial charge in [0.25, 0.3) is 5.91 Å². The van der Waals surface area contributed by atoms with Gasteiger partial charge in [-0.2, -0.15) is 0 Å². The van der Waals surface area contributed by atoms with E-state index in [4.69, 9.17) is 4.74 Å². The Hall–Kier alpha value is -3.13. The van der Waals surface area contributed by atoms with Gasteiger partial charge in [0, 0.05) is 24.4 Å². The molecule has 0 spiro atoms. The molecule has 30 heavy (non-hydrogen) atoms. The van der Waals surface area contributed by atoms with Crippen molar-refractivity contribution in [1.29, 1.82) is 0 Å². The molecule has 0 radical (unpaired) electrons. The van der Waals surface area contributed by atoms with Crippen molar-refractivity contribution < 1.29 is 17.9 Å². The maximum absolute atomic E-state index is 12.8. The molecular formula is C22H23N3O4S. The third-order valence-corrected chi connectivity index (χ3v) is 6.18. The summed E-state index contributed by atoms with van der Waals surface area (Å²) in [5, 5.41) is 4.45. The number of hydrogen-bond donors (Lipinski definition) is 0. The van der Waals surface area contributed by atoms with E-state index in [1.807, 2.05) is 48.0 Å². The highest BCUT2D eigenvalue weighted by Gasteiger charge is 2.23. The Kier molecular flexibility index (Phi) is 5.34. The molecule has 0 atom stereocenters. The lowest BCUT2D eigenvalue weighted by atomic mass is 10.1. The first kappa shape index (κ1) is 20.2. The van der Waals surface area contributed by atoms with Gasteiger partial charge in [0.05, 0.1) is 23.7 Å². The number of hydrogen-bond acceptors (Lipinski definition) is 5. The molecule has 7 nitrogen and oxygen atoms in total. The summed E-state index contributed by atoms with van der Waals surface area (Å²) in [5.41, 5.74) is 3.45. The summed E-state index contributed by atoms with van der Waals surface area (Å²) in [6, 6.07) is 16.1. The smallest absolute Gasteiger partial charge is 0.254 e. The Labute approximate surface area is 175 Å². The van der Waals surface area contributed by atoms with Crippen molar-refractivity contribution in [3.63, 3.8) is 0 Å². The lowest BCUT2D eigenvalue weighted by molar-refractivity contribution is 0.0706. The Morgan fingerprint density at radius 1 is 1.10 bits per heavy atom. The number of fused-ring (bicyclic) bond motifs is 1. The van der Waals surface area contributed by atoms with Crippen molar-refractivity contribution in [2.75, 3.05) is 12.8 Å². The average Bonchev–Trinajstić information content (AvgIpc) is 3.14. The summed E-state index contributed by atoms with van der Waals surface area (Å²) in [6.45, 7) is 3.85. The zero-order valence-corrected chi connectivity index (χ0v) is 17.7. The minimum atomic E-state index is -3.26. The average molecular weight is 426 g/mol. The minimum Gasteiger partial charge on any atom is -0.472 e. The molecule has 0 saturated carbocycles. The number of benzene rings is 2. The predicted octanol–water partition coefficient (Wildman–Crippen LogP) is 2.83. The van der Waals surface area contributed by atoms with Gasteiger partial charge >= 0.3 is 0 Å². The number of nitrogens with zero attached hydrogens (tertiary/aromatic N) is 3. The molecule has 0 fully saturated rings. The van der Waals surface area contributed by atoms with Gasteiger partial charge in [0.1, 0.15) is 6.61 Å². The molecule has 0 bridgehead atoms. The Morgan fingerprint density at radius 2 is 1.87 bits per heavy atom. The summed E-state index contributed by atoms with van der Waals surface area (Å²) in [4.78, 5) is 14.8. The zero-order chi connectivity index (χ0) is 21.3. The second-order valence-electron chi connectivity index (χ2n) is 7.50. The monoisotopic (exact) mass is 425 g/mol. The first-order valence-corrected chi connectivity index (χ1v) is 11.5. The summed E-state index contributed by atoms with van der Waals surface area (Å²) in [6.07, 6.45) is 1.18. The Balaban J connectivity index is 1.43. The molecule has 0 unspecified atom stereocenters. The Morgan fingerprint density at radius 3 is 2.60 bits per heavy atom. The molecule has 2 heterocycles. The highest BCUT2D eigenvalue weighted by atomic mass is 32.2. The van der Waals surface area contributed by atoms with Crippen LogP contribution in [-0.4, -0.2) is 41.8 Å². The summed E-state index contributed by atoms with van der Waals surface area (Å²) in [5.74, 6) is 0.460. The third kappa shape index (κ3) is 4.38. The van der Waals surface area contributed by atoms with Crippen LogP contribution in [0.25, 0.3) is 0 Å². The van der Waals surface area contributed by atoms with Crippen LogP contribution in [0.15, 0.2) is 59.5 Å². The molecule has 4 rings (SSSR count). The van der Waals surface area contributed by atoms with Crippen LogP contribution in [0.5, 0.6) is 5.88 Å². The van der Waals surface area contributed by atoms with E-state index in [1.54, 1.807) is 23.1 Å². The number of ether oxygens (including phenoxy) is 1. The molecule has 3 aromatic rings. The minimum absolute atomic E-state index is 0.00232. The van der Waals surface area contributed by atoms with Crippen LogP contribution in [0.1, 0.15) is 27.2 Å². The van der Waals surface area contributed by atoms with Gasteiger partial charge in [-0.1, -0.05) is 29.8 Å². The number of rotatable bonds is 5. The largest absolute Gasteiger partial charge is 0.472 e. The highest BCUT2D eigenvalue weighted by Crippen LogP contribution is 2.21. The van der Waals surface area contributed by atoms with E-state index < -0.39 is 9.84 Å². The molecule has 8 heteroatoms. The fourth-order valence-corrected chi connectivity index (χ4v) is 4.08. The third-order valence-electron chi connectivity index (χ3n) is 5.07. The van der Waals surface area contributed by atoms with Gasteiger partial charge < -0.3 is 9.64 Å². The number of carbonyl (C=O) groups is 1. The van der Waals surface area contributed by atoms with Crippen LogP contribution >= 0.6 is 0 Å². The fourth-order valence-electron chi connectivity index (χ4n) is 3.39.